The second kappa shape index (κ2) is 5.05. The number of aliphatic hydroxyl groups is 1. The first-order chi connectivity index (χ1) is 7.89. The third kappa shape index (κ3) is 3.35. The Kier molecular flexibility index (Phi) is 3.96. The SMILES string of the molecule is CNC(=O)c1ccc(N)cc1NC(C)(C)CO. The zero-order valence-electron chi connectivity index (χ0n) is 10.4. The highest BCUT2D eigenvalue weighted by Gasteiger charge is 2.19. The monoisotopic (exact) mass is 237 g/mol. The summed E-state index contributed by atoms with van der Waals surface area (Å²) in [5, 5.41) is 14.9. The largest absolute Gasteiger partial charge is 0.399 e. The first kappa shape index (κ1) is 13.3. The summed E-state index contributed by atoms with van der Waals surface area (Å²) >= 11 is 0. The van der Waals surface area contributed by atoms with E-state index in [2.05, 4.69) is 10.6 Å². The lowest BCUT2D eigenvalue weighted by Crippen LogP contribution is -2.36. The summed E-state index contributed by atoms with van der Waals surface area (Å²) in [5.74, 6) is -0.193. The molecule has 94 valence electrons. The summed E-state index contributed by atoms with van der Waals surface area (Å²) in [6, 6.07) is 5.01. The van der Waals surface area contributed by atoms with Gasteiger partial charge in [-0.15, -0.1) is 0 Å². The van der Waals surface area contributed by atoms with E-state index in [1.165, 1.54) is 0 Å². The highest BCUT2D eigenvalue weighted by Crippen LogP contribution is 2.22. The van der Waals surface area contributed by atoms with Crippen LogP contribution >= 0.6 is 0 Å². The van der Waals surface area contributed by atoms with Crippen molar-refractivity contribution in [1.29, 1.82) is 0 Å². The summed E-state index contributed by atoms with van der Waals surface area (Å²) in [4.78, 5) is 11.7. The van der Waals surface area contributed by atoms with E-state index in [9.17, 15) is 9.90 Å². The number of hydrogen-bond donors (Lipinski definition) is 4. The first-order valence-corrected chi connectivity index (χ1v) is 5.40. The van der Waals surface area contributed by atoms with Crippen molar-refractivity contribution in [1.82, 2.24) is 5.32 Å². The molecule has 17 heavy (non-hydrogen) atoms. The summed E-state index contributed by atoms with van der Waals surface area (Å²) in [7, 11) is 1.57. The van der Waals surface area contributed by atoms with Crippen LogP contribution in [0.25, 0.3) is 0 Å². The van der Waals surface area contributed by atoms with Gasteiger partial charge in [0.05, 0.1) is 17.7 Å². The molecule has 1 amide bonds. The predicted molar refractivity (Wildman–Crippen MR) is 69.0 cm³/mol. The molecule has 5 nitrogen and oxygen atoms in total. The number of hydrogen-bond acceptors (Lipinski definition) is 4. The Morgan fingerprint density at radius 1 is 1.47 bits per heavy atom. The molecule has 0 aliphatic carbocycles. The van der Waals surface area contributed by atoms with Gasteiger partial charge in [0.25, 0.3) is 5.91 Å². The van der Waals surface area contributed by atoms with E-state index in [0.717, 1.165) is 0 Å². The molecule has 0 saturated heterocycles. The highest BCUT2D eigenvalue weighted by molar-refractivity contribution is 6.00. The lowest BCUT2D eigenvalue weighted by molar-refractivity contribution is 0.0963. The van der Waals surface area contributed by atoms with Crippen LogP contribution in [0.3, 0.4) is 0 Å². The maximum atomic E-state index is 11.7. The molecule has 0 aliphatic rings. The molecule has 0 aliphatic heterocycles. The molecule has 0 heterocycles. The zero-order valence-corrected chi connectivity index (χ0v) is 10.4. The number of nitrogens with one attached hydrogen (secondary N) is 2. The van der Waals surface area contributed by atoms with Crippen LogP contribution in [0, 0.1) is 0 Å². The number of benzene rings is 1. The lowest BCUT2D eigenvalue weighted by atomic mass is 10.0. The summed E-state index contributed by atoms with van der Waals surface area (Å²) in [6.45, 7) is 3.63. The van der Waals surface area contributed by atoms with Gasteiger partial charge in [0.15, 0.2) is 0 Å². The molecule has 0 unspecified atom stereocenters. The number of amides is 1. The Morgan fingerprint density at radius 3 is 2.65 bits per heavy atom. The van der Waals surface area contributed by atoms with Gasteiger partial charge in [-0.05, 0) is 32.0 Å². The fourth-order valence-electron chi connectivity index (χ4n) is 1.40. The molecule has 0 atom stereocenters. The maximum absolute atomic E-state index is 11.7. The predicted octanol–water partition coefficient (Wildman–Crippen LogP) is 0.811. The Labute approximate surface area is 101 Å². The Morgan fingerprint density at radius 2 is 2.12 bits per heavy atom. The van der Waals surface area contributed by atoms with Crippen LogP contribution < -0.4 is 16.4 Å². The van der Waals surface area contributed by atoms with E-state index in [-0.39, 0.29) is 12.5 Å². The van der Waals surface area contributed by atoms with Crippen molar-refractivity contribution in [2.45, 2.75) is 19.4 Å². The van der Waals surface area contributed by atoms with Gasteiger partial charge in [-0.25, -0.2) is 0 Å². The van der Waals surface area contributed by atoms with Crippen LogP contribution in [0.4, 0.5) is 11.4 Å². The van der Waals surface area contributed by atoms with Gasteiger partial charge >= 0.3 is 0 Å². The molecule has 0 radical (unpaired) electrons. The van der Waals surface area contributed by atoms with Crippen LogP contribution in [0.5, 0.6) is 0 Å². The molecule has 0 saturated carbocycles. The first-order valence-electron chi connectivity index (χ1n) is 5.40. The molecule has 1 aromatic rings. The topological polar surface area (TPSA) is 87.4 Å². The van der Waals surface area contributed by atoms with E-state index in [0.29, 0.717) is 16.9 Å². The molecule has 0 aromatic heterocycles. The Balaban J connectivity index is 3.12. The zero-order chi connectivity index (χ0) is 13.1. The Hall–Kier alpha value is -1.75. The Bertz CT molecular complexity index is 416. The quantitative estimate of drug-likeness (QED) is 0.584. The lowest BCUT2D eigenvalue weighted by Gasteiger charge is -2.26. The minimum absolute atomic E-state index is 0.0466. The van der Waals surface area contributed by atoms with Gasteiger partial charge in [-0.3, -0.25) is 4.79 Å². The number of aliphatic hydroxyl groups excluding tert-OH is 1. The third-order valence-corrected chi connectivity index (χ3v) is 2.38. The number of carbonyl (C=O) groups excluding carboxylic acids is 1. The number of anilines is 2. The maximum Gasteiger partial charge on any atom is 0.253 e. The summed E-state index contributed by atoms with van der Waals surface area (Å²) < 4.78 is 0. The molecule has 0 bridgehead atoms. The fraction of sp³-hybridized carbons (Fsp3) is 0.417. The second-order valence-electron chi connectivity index (χ2n) is 4.55. The van der Waals surface area contributed by atoms with Gasteiger partial charge in [0.1, 0.15) is 0 Å². The highest BCUT2D eigenvalue weighted by atomic mass is 16.3. The van der Waals surface area contributed by atoms with Crippen LogP contribution in [0.2, 0.25) is 0 Å². The van der Waals surface area contributed by atoms with Crippen molar-refractivity contribution >= 4 is 17.3 Å². The van der Waals surface area contributed by atoms with Gasteiger partial charge in [-0.2, -0.15) is 0 Å². The minimum Gasteiger partial charge on any atom is -0.399 e. The average molecular weight is 237 g/mol. The second-order valence-corrected chi connectivity index (χ2v) is 4.55. The number of rotatable bonds is 4. The normalized spacial score (nSPS) is 11.1. The average Bonchev–Trinajstić information content (AvgIpc) is 2.28. The van der Waals surface area contributed by atoms with Crippen molar-refractivity contribution < 1.29 is 9.90 Å². The van der Waals surface area contributed by atoms with Crippen LogP contribution in [-0.4, -0.2) is 30.2 Å². The number of nitrogens with two attached hydrogens (primary N) is 1. The van der Waals surface area contributed by atoms with Crippen LogP contribution in [0.15, 0.2) is 18.2 Å². The van der Waals surface area contributed by atoms with Gasteiger partial charge in [0.2, 0.25) is 0 Å². The minimum atomic E-state index is -0.517. The fourth-order valence-corrected chi connectivity index (χ4v) is 1.40. The van der Waals surface area contributed by atoms with E-state index >= 15 is 0 Å². The third-order valence-electron chi connectivity index (χ3n) is 2.38. The van der Waals surface area contributed by atoms with Crippen molar-refractivity contribution in [3.63, 3.8) is 0 Å². The molecule has 5 N–H and O–H groups in total. The molecule has 5 heteroatoms. The molecule has 0 fully saturated rings. The van der Waals surface area contributed by atoms with E-state index in [4.69, 9.17) is 5.73 Å². The number of carbonyl (C=O) groups is 1. The van der Waals surface area contributed by atoms with Crippen molar-refractivity contribution in [3.8, 4) is 0 Å². The van der Waals surface area contributed by atoms with Gasteiger partial charge in [0, 0.05) is 18.4 Å². The summed E-state index contributed by atoms with van der Waals surface area (Å²) in [6.07, 6.45) is 0. The molecule has 0 spiro atoms. The van der Waals surface area contributed by atoms with Crippen molar-refractivity contribution in [2.24, 2.45) is 0 Å². The van der Waals surface area contributed by atoms with Crippen LogP contribution in [0.1, 0.15) is 24.2 Å². The van der Waals surface area contributed by atoms with Crippen molar-refractivity contribution in [2.75, 3.05) is 24.7 Å². The molecule has 1 aromatic carbocycles. The van der Waals surface area contributed by atoms with Crippen molar-refractivity contribution in [3.05, 3.63) is 23.8 Å². The molecule has 1 rings (SSSR count). The standard InChI is InChI=1S/C12H19N3O2/c1-12(2,7-16)15-10-6-8(13)4-5-9(10)11(17)14-3/h4-6,15-16H,7,13H2,1-3H3,(H,14,17). The van der Waals surface area contributed by atoms with E-state index in [1.54, 1.807) is 25.2 Å². The summed E-state index contributed by atoms with van der Waals surface area (Å²) in [5.41, 5.74) is 6.86. The van der Waals surface area contributed by atoms with Gasteiger partial charge in [-0.1, -0.05) is 0 Å². The van der Waals surface area contributed by atoms with Crippen LogP contribution in [-0.2, 0) is 0 Å². The number of nitrogen functional groups attached to an aromatic ring is 1. The van der Waals surface area contributed by atoms with E-state index < -0.39 is 5.54 Å². The molecular formula is C12H19N3O2. The molecular weight excluding hydrogens is 218 g/mol. The van der Waals surface area contributed by atoms with E-state index in [1.807, 2.05) is 13.8 Å². The van der Waals surface area contributed by atoms with Gasteiger partial charge < -0.3 is 21.5 Å². The smallest absolute Gasteiger partial charge is 0.253 e.